The minimum absolute atomic E-state index is 0.221. The zero-order valence-corrected chi connectivity index (χ0v) is 13.6. The van der Waals surface area contributed by atoms with Crippen LogP contribution in [-0.4, -0.2) is 38.6 Å². The van der Waals surface area contributed by atoms with Crippen molar-refractivity contribution in [3.8, 4) is 5.69 Å². The Morgan fingerprint density at radius 3 is 2.67 bits per heavy atom. The highest BCUT2D eigenvalue weighted by Crippen LogP contribution is 2.18. The van der Waals surface area contributed by atoms with Crippen molar-refractivity contribution in [3.63, 3.8) is 0 Å². The predicted molar refractivity (Wildman–Crippen MR) is 90.6 cm³/mol. The van der Waals surface area contributed by atoms with Gasteiger partial charge in [0.05, 0.1) is 30.2 Å². The Balaban J connectivity index is 1.84. The highest BCUT2D eigenvalue weighted by atomic mass is 16.5. The Hall–Kier alpha value is -2.73. The Labute approximate surface area is 139 Å². The number of carboxylic acids is 1. The lowest BCUT2D eigenvalue weighted by Crippen LogP contribution is -2.06. The number of aromatic nitrogens is 3. The fourth-order valence-corrected chi connectivity index (χ4v) is 2.45. The van der Waals surface area contributed by atoms with E-state index in [2.05, 4.69) is 16.1 Å². The molecule has 0 spiro atoms. The Kier molecular flexibility index (Phi) is 4.57. The van der Waals surface area contributed by atoms with Crippen LogP contribution in [-0.2, 0) is 11.2 Å². The number of pyridine rings is 1. The van der Waals surface area contributed by atoms with Gasteiger partial charge in [-0.3, -0.25) is 0 Å². The van der Waals surface area contributed by atoms with E-state index in [-0.39, 0.29) is 11.7 Å². The van der Waals surface area contributed by atoms with Crippen LogP contribution in [0.1, 0.15) is 29.8 Å². The van der Waals surface area contributed by atoms with Gasteiger partial charge >= 0.3 is 5.97 Å². The summed E-state index contributed by atoms with van der Waals surface area (Å²) in [5.74, 6) is -0.946. The molecule has 0 unspecified atom stereocenters. The van der Waals surface area contributed by atoms with Gasteiger partial charge in [0.25, 0.3) is 0 Å². The average Bonchev–Trinajstić information content (AvgIpc) is 2.98. The van der Waals surface area contributed by atoms with Crippen LogP contribution >= 0.6 is 0 Å². The number of hydrogen-bond acceptors (Lipinski definition) is 4. The molecule has 0 aliphatic rings. The molecule has 1 aromatic carbocycles. The molecule has 0 fully saturated rings. The second-order valence-corrected chi connectivity index (χ2v) is 5.83. The monoisotopic (exact) mass is 325 g/mol. The van der Waals surface area contributed by atoms with Crippen LogP contribution in [0.25, 0.3) is 16.7 Å². The molecule has 0 saturated carbocycles. The largest absolute Gasteiger partial charge is 0.478 e. The zero-order valence-electron chi connectivity index (χ0n) is 13.6. The Bertz CT molecular complexity index is 854. The molecule has 0 radical (unpaired) electrons. The van der Waals surface area contributed by atoms with Crippen LogP contribution in [0.2, 0.25) is 0 Å². The minimum Gasteiger partial charge on any atom is -0.478 e. The lowest BCUT2D eigenvalue weighted by molar-refractivity contribution is 0.0696. The first-order valence-electron chi connectivity index (χ1n) is 7.82. The molecule has 0 saturated heterocycles. The molecule has 0 bridgehead atoms. The summed E-state index contributed by atoms with van der Waals surface area (Å²) < 4.78 is 7.27. The number of carbonyl (C=O) groups is 1. The van der Waals surface area contributed by atoms with Gasteiger partial charge in [0, 0.05) is 11.6 Å². The molecule has 0 aliphatic carbocycles. The second kappa shape index (κ2) is 6.80. The summed E-state index contributed by atoms with van der Waals surface area (Å²) in [6.07, 6.45) is 4.62. The van der Waals surface area contributed by atoms with Crippen LogP contribution in [0, 0.1) is 0 Å². The Morgan fingerprint density at radius 2 is 2.00 bits per heavy atom. The summed E-state index contributed by atoms with van der Waals surface area (Å²) in [6.45, 7) is 4.69. The van der Waals surface area contributed by atoms with E-state index in [1.54, 1.807) is 35.1 Å². The first-order chi connectivity index (χ1) is 11.5. The number of benzene rings is 1. The normalized spacial score (nSPS) is 11.3. The number of ether oxygens (including phenoxy) is 1. The van der Waals surface area contributed by atoms with Gasteiger partial charge in [-0.2, -0.15) is 5.10 Å². The van der Waals surface area contributed by atoms with Crippen molar-refractivity contribution in [1.29, 1.82) is 0 Å². The van der Waals surface area contributed by atoms with Crippen molar-refractivity contribution < 1.29 is 14.6 Å². The van der Waals surface area contributed by atoms with Crippen molar-refractivity contribution >= 4 is 17.0 Å². The van der Waals surface area contributed by atoms with E-state index >= 15 is 0 Å². The number of rotatable bonds is 6. The SMILES string of the molecule is CC(C)OCCc1cnc2c(cnn2-c2ccc(C(=O)O)cc2)c1. The lowest BCUT2D eigenvalue weighted by Gasteiger charge is -2.07. The molecule has 2 heterocycles. The number of hydrogen-bond donors (Lipinski definition) is 1. The molecule has 124 valence electrons. The summed E-state index contributed by atoms with van der Waals surface area (Å²) in [7, 11) is 0. The molecule has 0 atom stereocenters. The van der Waals surface area contributed by atoms with Gasteiger partial charge in [-0.25, -0.2) is 14.5 Å². The molecule has 1 N–H and O–H groups in total. The van der Waals surface area contributed by atoms with Gasteiger partial charge in [-0.05, 0) is 56.2 Å². The molecule has 6 nitrogen and oxygen atoms in total. The summed E-state index contributed by atoms with van der Waals surface area (Å²) in [4.78, 5) is 15.4. The molecular formula is C18H19N3O3. The average molecular weight is 325 g/mol. The summed E-state index contributed by atoms with van der Waals surface area (Å²) >= 11 is 0. The highest BCUT2D eigenvalue weighted by molar-refractivity contribution is 5.87. The van der Waals surface area contributed by atoms with Gasteiger partial charge < -0.3 is 9.84 Å². The Morgan fingerprint density at radius 1 is 1.25 bits per heavy atom. The van der Waals surface area contributed by atoms with E-state index in [0.29, 0.717) is 6.61 Å². The summed E-state index contributed by atoms with van der Waals surface area (Å²) in [5, 5.41) is 14.3. The number of aromatic carboxylic acids is 1. The van der Waals surface area contributed by atoms with Crippen molar-refractivity contribution in [2.75, 3.05) is 6.61 Å². The molecule has 2 aromatic heterocycles. The van der Waals surface area contributed by atoms with E-state index in [0.717, 1.165) is 28.7 Å². The summed E-state index contributed by atoms with van der Waals surface area (Å²) in [5.41, 5.74) is 2.87. The van der Waals surface area contributed by atoms with Crippen molar-refractivity contribution in [2.45, 2.75) is 26.4 Å². The number of fused-ring (bicyclic) bond motifs is 1. The molecule has 6 heteroatoms. The maximum atomic E-state index is 10.9. The van der Waals surface area contributed by atoms with E-state index in [1.165, 1.54) is 0 Å². The van der Waals surface area contributed by atoms with Crippen LogP contribution in [0.15, 0.2) is 42.7 Å². The highest BCUT2D eigenvalue weighted by Gasteiger charge is 2.09. The van der Waals surface area contributed by atoms with Gasteiger partial charge in [-0.1, -0.05) is 0 Å². The van der Waals surface area contributed by atoms with Crippen molar-refractivity contribution in [2.24, 2.45) is 0 Å². The molecule has 3 aromatic rings. The minimum atomic E-state index is -0.946. The first kappa shape index (κ1) is 16.1. The fourth-order valence-electron chi connectivity index (χ4n) is 2.45. The molecule has 0 aliphatic heterocycles. The zero-order chi connectivity index (χ0) is 17.1. The third-order valence-electron chi connectivity index (χ3n) is 3.67. The lowest BCUT2D eigenvalue weighted by atomic mass is 10.2. The van der Waals surface area contributed by atoms with Crippen LogP contribution in [0.3, 0.4) is 0 Å². The fraction of sp³-hybridized carbons (Fsp3) is 0.278. The quantitative estimate of drug-likeness (QED) is 0.753. The first-order valence-corrected chi connectivity index (χ1v) is 7.82. The van der Waals surface area contributed by atoms with E-state index < -0.39 is 5.97 Å². The molecule has 0 amide bonds. The third-order valence-corrected chi connectivity index (χ3v) is 3.67. The molecular weight excluding hydrogens is 306 g/mol. The standard InChI is InChI=1S/C18H19N3O3/c1-12(2)24-8-7-13-9-15-11-20-21(17(15)19-10-13)16-5-3-14(4-6-16)18(22)23/h3-6,9-12H,7-8H2,1-2H3,(H,22,23). The van der Waals surface area contributed by atoms with Crippen LogP contribution in [0.4, 0.5) is 0 Å². The van der Waals surface area contributed by atoms with E-state index in [9.17, 15) is 4.79 Å². The van der Waals surface area contributed by atoms with Crippen LogP contribution < -0.4 is 0 Å². The maximum Gasteiger partial charge on any atom is 0.335 e. The maximum absolute atomic E-state index is 10.9. The van der Waals surface area contributed by atoms with Crippen molar-refractivity contribution in [3.05, 3.63) is 53.9 Å². The number of nitrogens with zero attached hydrogens (tertiary/aromatic N) is 3. The third kappa shape index (κ3) is 3.44. The molecule has 24 heavy (non-hydrogen) atoms. The summed E-state index contributed by atoms with van der Waals surface area (Å²) in [6, 6.07) is 8.62. The smallest absolute Gasteiger partial charge is 0.335 e. The number of carboxylic acid groups (broad SMARTS) is 1. The van der Waals surface area contributed by atoms with Gasteiger partial charge in [0.2, 0.25) is 0 Å². The van der Waals surface area contributed by atoms with Gasteiger partial charge in [-0.15, -0.1) is 0 Å². The van der Waals surface area contributed by atoms with Gasteiger partial charge in [0.15, 0.2) is 5.65 Å². The molecule has 3 rings (SSSR count). The second-order valence-electron chi connectivity index (χ2n) is 5.83. The van der Waals surface area contributed by atoms with Gasteiger partial charge in [0.1, 0.15) is 0 Å². The predicted octanol–water partition coefficient (Wildman–Crippen LogP) is 3.09. The van der Waals surface area contributed by atoms with Crippen LogP contribution in [0.5, 0.6) is 0 Å². The van der Waals surface area contributed by atoms with E-state index in [4.69, 9.17) is 9.84 Å². The van der Waals surface area contributed by atoms with E-state index in [1.807, 2.05) is 20.0 Å². The van der Waals surface area contributed by atoms with Crippen molar-refractivity contribution in [1.82, 2.24) is 14.8 Å². The topological polar surface area (TPSA) is 77.2 Å².